The van der Waals surface area contributed by atoms with Crippen LogP contribution < -0.4 is 5.32 Å². The van der Waals surface area contributed by atoms with Gasteiger partial charge in [0.15, 0.2) is 6.29 Å². The number of amides is 1. The number of carbonyl (C=O) groups is 2. The van der Waals surface area contributed by atoms with Crippen LogP contribution in [0.4, 0.5) is 4.79 Å². The van der Waals surface area contributed by atoms with Crippen molar-refractivity contribution in [2.24, 2.45) is 0 Å². The van der Waals surface area contributed by atoms with Gasteiger partial charge in [-0.05, 0) is 39.3 Å². The van der Waals surface area contributed by atoms with Gasteiger partial charge in [-0.25, -0.2) is 4.79 Å². The summed E-state index contributed by atoms with van der Waals surface area (Å²) in [6.45, 7) is -0.00412. The maximum Gasteiger partial charge on any atom is 0.407 e. The molecule has 0 saturated carbocycles. The quantitative estimate of drug-likeness (QED) is 0.506. The number of hydrogen-bond donors (Lipinski definition) is 3. The fourth-order valence-corrected chi connectivity index (χ4v) is 4.50. The summed E-state index contributed by atoms with van der Waals surface area (Å²) in [5, 5.41) is 24.4. The molecular weight excluding hydrogens is 402 g/mol. The average Bonchev–Trinajstić information content (AvgIpc) is 3.38. The number of ether oxygens (including phenoxy) is 1. The van der Waals surface area contributed by atoms with E-state index in [9.17, 15) is 19.8 Å². The van der Waals surface area contributed by atoms with Crippen molar-refractivity contribution in [2.45, 2.75) is 18.1 Å². The van der Waals surface area contributed by atoms with Crippen molar-refractivity contribution in [2.75, 3.05) is 13.2 Å². The van der Waals surface area contributed by atoms with Gasteiger partial charge in [-0.3, -0.25) is 4.79 Å². The molecule has 2 unspecified atom stereocenters. The number of hydrogen-bond acceptors (Lipinski definition) is 6. The zero-order valence-corrected chi connectivity index (χ0v) is 16.8. The second kappa shape index (κ2) is 8.79. The Hall–Kier alpha value is -3.00. The Balaban J connectivity index is 1.33. The zero-order valence-electron chi connectivity index (χ0n) is 16.0. The Morgan fingerprint density at radius 2 is 1.73 bits per heavy atom. The predicted molar refractivity (Wildman–Crippen MR) is 114 cm³/mol. The Labute approximate surface area is 177 Å². The van der Waals surface area contributed by atoms with Crippen molar-refractivity contribution in [3.63, 3.8) is 0 Å². The van der Waals surface area contributed by atoms with E-state index in [0.717, 1.165) is 22.3 Å². The van der Waals surface area contributed by atoms with E-state index in [1.54, 1.807) is 5.38 Å². The summed E-state index contributed by atoms with van der Waals surface area (Å²) in [5.74, 6) is -0.0498. The standard InChI is InChI=1S/C23H21NO5S/c25-11-15-9-14(13-30-15)22(27)21(26)10-24-23(28)29-12-20-18-7-3-1-5-16(18)17-6-2-4-8-19(17)20/h1-9,11,13,20-22,26-27H,10,12H2,(H,24,28). The van der Waals surface area contributed by atoms with Gasteiger partial charge in [-0.1, -0.05) is 48.5 Å². The molecule has 6 nitrogen and oxygen atoms in total. The lowest BCUT2D eigenvalue weighted by Gasteiger charge is -2.18. The summed E-state index contributed by atoms with van der Waals surface area (Å²) in [6.07, 6.45) is -2.41. The largest absolute Gasteiger partial charge is 0.449 e. The third kappa shape index (κ3) is 4.00. The molecule has 3 N–H and O–H groups in total. The summed E-state index contributed by atoms with van der Waals surface area (Å²) >= 11 is 1.18. The van der Waals surface area contributed by atoms with Crippen molar-refractivity contribution < 1.29 is 24.5 Å². The Morgan fingerprint density at radius 3 is 2.33 bits per heavy atom. The van der Waals surface area contributed by atoms with Crippen molar-refractivity contribution in [3.8, 4) is 11.1 Å². The van der Waals surface area contributed by atoms with Crippen molar-refractivity contribution in [3.05, 3.63) is 81.5 Å². The van der Waals surface area contributed by atoms with Crippen molar-refractivity contribution in [1.82, 2.24) is 5.32 Å². The van der Waals surface area contributed by atoms with Crippen LogP contribution in [0, 0.1) is 0 Å². The van der Waals surface area contributed by atoms with Gasteiger partial charge in [0.2, 0.25) is 0 Å². The minimum absolute atomic E-state index is 0.0498. The molecule has 0 spiro atoms. The van der Waals surface area contributed by atoms with Gasteiger partial charge in [0.25, 0.3) is 0 Å². The highest BCUT2D eigenvalue weighted by atomic mass is 32.1. The smallest absolute Gasteiger partial charge is 0.407 e. The molecule has 2 atom stereocenters. The maximum absolute atomic E-state index is 12.2. The molecular formula is C23H21NO5S. The van der Waals surface area contributed by atoms with Gasteiger partial charge in [0, 0.05) is 12.5 Å². The van der Waals surface area contributed by atoms with Crippen LogP contribution in [0.15, 0.2) is 60.0 Å². The third-order valence-electron chi connectivity index (χ3n) is 5.26. The van der Waals surface area contributed by atoms with Gasteiger partial charge in [0.1, 0.15) is 18.8 Å². The fraction of sp³-hybridized carbons (Fsp3) is 0.217. The lowest BCUT2D eigenvalue weighted by Crippen LogP contribution is -2.36. The van der Waals surface area contributed by atoms with Crippen LogP contribution in [0.3, 0.4) is 0 Å². The first kappa shape index (κ1) is 20.3. The molecule has 1 amide bonds. The molecule has 0 saturated heterocycles. The minimum Gasteiger partial charge on any atom is -0.449 e. The van der Waals surface area contributed by atoms with Crippen LogP contribution in [0.25, 0.3) is 11.1 Å². The molecule has 154 valence electrons. The molecule has 7 heteroatoms. The highest BCUT2D eigenvalue weighted by Crippen LogP contribution is 2.44. The van der Waals surface area contributed by atoms with E-state index in [1.807, 2.05) is 36.4 Å². The SMILES string of the molecule is O=Cc1cc(C(O)C(O)CNC(=O)OCC2c3ccccc3-c3ccccc32)cs1. The summed E-state index contributed by atoms with van der Waals surface area (Å²) in [5.41, 5.74) is 4.96. The fourth-order valence-electron chi connectivity index (χ4n) is 3.76. The third-order valence-corrected chi connectivity index (χ3v) is 6.14. The normalized spacial score (nSPS) is 14.5. The van der Waals surface area contributed by atoms with Crippen LogP contribution in [-0.2, 0) is 4.74 Å². The van der Waals surface area contributed by atoms with Gasteiger partial charge in [-0.15, -0.1) is 11.3 Å². The molecule has 1 heterocycles. The number of rotatable bonds is 7. The molecule has 0 fully saturated rings. The van der Waals surface area contributed by atoms with E-state index >= 15 is 0 Å². The van der Waals surface area contributed by atoms with Crippen LogP contribution in [0.2, 0.25) is 0 Å². The monoisotopic (exact) mass is 423 g/mol. The molecule has 30 heavy (non-hydrogen) atoms. The number of aliphatic hydroxyl groups is 2. The zero-order chi connectivity index (χ0) is 21.1. The summed E-state index contributed by atoms with van der Waals surface area (Å²) < 4.78 is 5.41. The van der Waals surface area contributed by atoms with Crippen LogP contribution >= 0.6 is 11.3 Å². The summed E-state index contributed by atoms with van der Waals surface area (Å²) in [7, 11) is 0. The van der Waals surface area contributed by atoms with Gasteiger partial charge in [-0.2, -0.15) is 0 Å². The summed E-state index contributed by atoms with van der Waals surface area (Å²) in [4.78, 5) is 23.4. The molecule has 3 aromatic rings. The predicted octanol–water partition coefficient (Wildman–Crippen LogP) is 3.49. The van der Waals surface area contributed by atoms with E-state index in [4.69, 9.17) is 4.74 Å². The van der Waals surface area contributed by atoms with Crippen molar-refractivity contribution >= 4 is 23.7 Å². The Morgan fingerprint density at radius 1 is 1.10 bits per heavy atom. The van der Waals surface area contributed by atoms with E-state index in [0.29, 0.717) is 16.7 Å². The molecule has 0 bridgehead atoms. The lowest BCUT2D eigenvalue weighted by atomic mass is 9.98. The first-order valence-electron chi connectivity index (χ1n) is 9.57. The van der Waals surface area contributed by atoms with Gasteiger partial charge in [0.05, 0.1) is 4.88 Å². The first-order valence-corrected chi connectivity index (χ1v) is 10.4. The average molecular weight is 423 g/mol. The Kier molecular flexibility index (Phi) is 5.94. The second-order valence-corrected chi connectivity index (χ2v) is 8.06. The number of carbonyl (C=O) groups excluding carboxylic acids is 2. The van der Waals surface area contributed by atoms with Crippen molar-refractivity contribution in [1.29, 1.82) is 0 Å². The summed E-state index contributed by atoms with van der Waals surface area (Å²) in [6, 6.07) is 17.6. The van der Waals surface area contributed by atoms with Crippen LogP contribution in [-0.4, -0.2) is 41.8 Å². The molecule has 1 aliphatic rings. The van der Waals surface area contributed by atoms with Crippen LogP contribution in [0.5, 0.6) is 0 Å². The Bertz CT molecular complexity index is 1020. The number of nitrogens with one attached hydrogen (secondary N) is 1. The molecule has 4 rings (SSSR count). The second-order valence-electron chi connectivity index (χ2n) is 7.12. The maximum atomic E-state index is 12.2. The van der Waals surface area contributed by atoms with E-state index in [2.05, 4.69) is 17.4 Å². The molecule has 0 aliphatic heterocycles. The van der Waals surface area contributed by atoms with Crippen LogP contribution in [0.1, 0.15) is 38.4 Å². The highest BCUT2D eigenvalue weighted by molar-refractivity contribution is 7.11. The number of aldehydes is 1. The van der Waals surface area contributed by atoms with Gasteiger partial charge < -0.3 is 20.3 Å². The number of thiophene rings is 1. The molecule has 2 aromatic carbocycles. The topological polar surface area (TPSA) is 95.9 Å². The van der Waals surface area contributed by atoms with E-state index in [-0.39, 0.29) is 19.1 Å². The molecule has 1 aromatic heterocycles. The molecule has 1 aliphatic carbocycles. The van der Waals surface area contributed by atoms with E-state index < -0.39 is 18.3 Å². The number of alkyl carbamates (subject to hydrolysis) is 1. The van der Waals surface area contributed by atoms with E-state index in [1.165, 1.54) is 17.4 Å². The number of aliphatic hydroxyl groups excluding tert-OH is 2. The number of fused-ring (bicyclic) bond motifs is 3. The van der Waals surface area contributed by atoms with Gasteiger partial charge >= 0.3 is 6.09 Å². The molecule has 0 radical (unpaired) electrons. The first-order chi connectivity index (χ1) is 14.6. The number of benzene rings is 2. The minimum atomic E-state index is -1.22. The highest BCUT2D eigenvalue weighted by Gasteiger charge is 2.29. The lowest BCUT2D eigenvalue weighted by molar-refractivity contribution is 0.0188.